The molecule has 1 aromatic heterocycles. The highest BCUT2D eigenvalue weighted by molar-refractivity contribution is 5.95. The second-order valence-corrected chi connectivity index (χ2v) is 5.24. The van der Waals surface area contributed by atoms with Crippen LogP contribution in [0.2, 0.25) is 0 Å². The zero-order valence-electron chi connectivity index (χ0n) is 12.9. The predicted molar refractivity (Wildman–Crippen MR) is 88.0 cm³/mol. The summed E-state index contributed by atoms with van der Waals surface area (Å²) in [6.45, 7) is 0.522. The maximum Gasteiger partial charge on any atom is 0.252 e. The smallest absolute Gasteiger partial charge is 0.252 e. The Balaban J connectivity index is 2.15. The van der Waals surface area contributed by atoms with Crippen molar-refractivity contribution in [3.63, 3.8) is 0 Å². The first-order chi connectivity index (χ1) is 10.6. The fraction of sp³-hybridized carbons (Fsp3) is 0.294. The molecule has 116 valence electrons. The van der Waals surface area contributed by atoms with Crippen molar-refractivity contribution in [3.05, 3.63) is 48.3 Å². The van der Waals surface area contributed by atoms with Crippen LogP contribution in [0.25, 0.3) is 11.1 Å². The summed E-state index contributed by atoms with van der Waals surface area (Å²) in [6, 6.07) is 9.91. The Morgan fingerprint density at radius 2 is 1.91 bits per heavy atom. The Hall–Kier alpha value is -2.40. The Kier molecular flexibility index (Phi) is 5.49. The first-order valence-corrected chi connectivity index (χ1v) is 7.23. The second kappa shape index (κ2) is 7.56. The Labute approximate surface area is 130 Å². The van der Waals surface area contributed by atoms with E-state index in [1.165, 1.54) is 0 Å². The standard InChI is InChI=1S/C17H21N3O2/c1-20(2)16-6-4-13(5-7-16)14-10-15(12-18-11-14)17(22)19-8-3-9-21/h4-7,10-12,21H,3,8-9H2,1-2H3,(H,19,22). The average Bonchev–Trinajstić information content (AvgIpc) is 2.55. The summed E-state index contributed by atoms with van der Waals surface area (Å²) in [5, 5.41) is 11.5. The van der Waals surface area contributed by atoms with Crippen LogP contribution in [0.3, 0.4) is 0 Å². The van der Waals surface area contributed by atoms with Gasteiger partial charge in [0.1, 0.15) is 0 Å². The van der Waals surface area contributed by atoms with Gasteiger partial charge in [0, 0.05) is 50.9 Å². The van der Waals surface area contributed by atoms with Crippen LogP contribution < -0.4 is 10.2 Å². The van der Waals surface area contributed by atoms with Gasteiger partial charge in [-0.25, -0.2) is 0 Å². The van der Waals surface area contributed by atoms with E-state index in [2.05, 4.69) is 10.3 Å². The van der Waals surface area contributed by atoms with Crippen molar-refractivity contribution in [1.82, 2.24) is 10.3 Å². The number of aliphatic hydroxyl groups is 1. The summed E-state index contributed by atoms with van der Waals surface area (Å²) in [5.74, 6) is -0.173. The molecule has 2 N–H and O–H groups in total. The van der Waals surface area contributed by atoms with E-state index in [1.54, 1.807) is 12.4 Å². The molecule has 0 unspecified atom stereocenters. The topological polar surface area (TPSA) is 65.5 Å². The highest BCUT2D eigenvalue weighted by Crippen LogP contribution is 2.22. The van der Waals surface area contributed by atoms with Gasteiger partial charge in [-0.15, -0.1) is 0 Å². The number of carbonyl (C=O) groups excluding carboxylic acids is 1. The van der Waals surface area contributed by atoms with Crippen LogP contribution in [0.5, 0.6) is 0 Å². The van der Waals surface area contributed by atoms with Gasteiger partial charge in [0.25, 0.3) is 5.91 Å². The first-order valence-electron chi connectivity index (χ1n) is 7.23. The Morgan fingerprint density at radius 1 is 1.18 bits per heavy atom. The molecule has 5 nitrogen and oxygen atoms in total. The lowest BCUT2D eigenvalue weighted by atomic mass is 10.1. The minimum atomic E-state index is -0.173. The van der Waals surface area contributed by atoms with E-state index in [0.717, 1.165) is 16.8 Å². The molecule has 0 aliphatic heterocycles. The number of hydrogen-bond donors (Lipinski definition) is 2. The zero-order chi connectivity index (χ0) is 15.9. The van der Waals surface area contributed by atoms with Gasteiger partial charge in [-0.1, -0.05) is 12.1 Å². The molecule has 1 amide bonds. The largest absolute Gasteiger partial charge is 0.396 e. The lowest BCUT2D eigenvalue weighted by Crippen LogP contribution is -2.25. The molecule has 0 spiro atoms. The third-order valence-electron chi connectivity index (χ3n) is 3.34. The summed E-state index contributed by atoms with van der Waals surface area (Å²) < 4.78 is 0. The average molecular weight is 299 g/mol. The third kappa shape index (κ3) is 4.05. The van der Waals surface area contributed by atoms with Crippen LogP contribution >= 0.6 is 0 Å². The van der Waals surface area contributed by atoms with Crippen molar-refractivity contribution in [2.24, 2.45) is 0 Å². The Morgan fingerprint density at radius 3 is 2.55 bits per heavy atom. The van der Waals surface area contributed by atoms with Crippen molar-refractivity contribution in [3.8, 4) is 11.1 Å². The van der Waals surface area contributed by atoms with Gasteiger partial charge in [-0.05, 0) is 30.2 Å². The maximum atomic E-state index is 12.0. The summed E-state index contributed by atoms with van der Waals surface area (Å²) in [5.41, 5.74) is 3.56. The molecule has 5 heteroatoms. The highest BCUT2D eigenvalue weighted by atomic mass is 16.3. The van der Waals surface area contributed by atoms with Crippen molar-refractivity contribution < 1.29 is 9.90 Å². The molecular formula is C17H21N3O2. The third-order valence-corrected chi connectivity index (χ3v) is 3.34. The maximum absolute atomic E-state index is 12.0. The Bertz CT molecular complexity index is 624. The van der Waals surface area contributed by atoms with E-state index in [9.17, 15) is 4.79 Å². The summed E-state index contributed by atoms with van der Waals surface area (Å²) in [7, 11) is 3.99. The fourth-order valence-corrected chi connectivity index (χ4v) is 2.06. The lowest BCUT2D eigenvalue weighted by molar-refractivity contribution is 0.0951. The number of nitrogens with one attached hydrogen (secondary N) is 1. The summed E-state index contributed by atoms with van der Waals surface area (Å²) in [4.78, 5) is 18.2. The highest BCUT2D eigenvalue weighted by Gasteiger charge is 2.07. The molecule has 2 rings (SSSR count). The summed E-state index contributed by atoms with van der Waals surface area (Å²) >= 11 is 0. The molecule has 0 radical (unpaired) electrons. The molecule has 22 heavy (non-hydrogen) atoms. The number of nitrogens with zero attached hydrogens (tertiary/aromatic N) is 2. The number of anilines is 1. The molecule has 1 aromatic carbocycles. The molecule has 1 heterocycles. The number of aromatic nitrogens is 1. The number of rotatable bonds is 6. The van der Waals surface area contributed by atoms with E-state index in [4.69, 9.17) is 5.11 Å². The van der Waals surface area contributed by atoms with Crippen LogP contribution in [0.1, 0.15) is 16.8 Å². The van der Waals surface area contributed by atoms with Crippen LogP contribution in [0.15, 0.2) is 42.7 Å². The number of hydrogen-bond acceptors (Lipinski definition) is 4. The number of carbonyl (C=O) groups is 1. The van der Waals surface area contributed by atoms with Crippen LogP contribution in [-0.4, -0.2) is 43.2 Å². The minimum absolute atomic E-state index is 0.0663. The number of amides is 1. The van der Waals surface area contributed by atoms with E-state index >= 15 is 0 Å². The van der Waals surface area contributed by atoms with E-state index in [0.29, 0.717) is 18.5 Å². The number of aliphatic hydroxyl groups excluding tert-OH is 1. The molecule has 0 saturated heterocycles. The molecule has 0 aliphatic carbocycles. The quantitative estimate of drug-likeness (QED) is 0.800. The van der Waals surface area contributed by atoms with E-state index in [1.807, 2.05) is 49.3 Å². The van der Waals surface area contributed by atoms with Crippen molar-refractivity contribution >= 4 is 11.6 Å². The van der Waals surface area contributed by atoms with Gasteiger partial charge in [0.15, 0.2) is 0 Å². The molecular weight excluding hydrogens is 278 g/mol. The molecule has 2 aromatic rings. The molecule has 0 saturated carbocycles. The fourth-order valence-electron chi connectivity index (χ4n) is 2.06. The summed E-state index contributed by atoms with van der Waals surface area (Å²) in [6.07, 6.45) is 3.84. The number of benzene rings is 1. The molecule has 0 atom stereocenters. The first kappa shape index (κ1) is 16.0. The van der Waals surface area contributed by atoms with Crippen molar-refractivity contribution in [1.29, 1.82) is 0 Å². The van der Waals surface area contributed by atoms with Gasteiger partial charge in [-0.2, -0.15) is 0 Å². The lowest BCUT2D eigenvalue weighted by Gasteiger charge is -2.13. The molecule has 0 bridgehead atoms. The van der Waals surface area contributed by atoms with E-state index in [-0.39, 0.29) is 12.5 Å². The predicted octanol–water partition coefficient (Wildman–Crippen LogP) is 1.93. The number of pyridine rings is 1. The van der Waals surface area contributed by atoms with Gasteiger partial charge >= 0.3 is 0 Å². The van der Waals surface area contributed by atoms with Crippen LogP contribution in [0.4, 0.5) is 5.69 Å². The SMILES string of the molecule is CN(C)c1ccc(-c2cncc(C(=O)NCCCO)c2)cc1. The van der Waals surface area contributed by atoms with Crippen molar-refractivity contribution in [2.45, 2.75) is 6.42 Å². The van der Waals surface area contributed by atoms with E-state index < -0.39 is 0 Å². The van der Waals surface area contributed by atoms with Gasteiger partial charge in [-0.3, -0.25) is 9.78 Å². The molecule has 0 fully saturated rings. The van der Waals surface area contributed by atoms with Crippen LogP contribution in [-0.2, 0) is 0 Å². The van der Waals surface area contributed by atoms with Gasteiger partial charge in [0.05, 0.1) is 5.56 Å². The van der Waals surface area contributed by atoms with Crippen LogP contribution in [0, 0.1) is 0 Å². The van der Waals surface area contributed by atoms with Gasteiger partial charge < -0.3 is 15.3 Å². The minimum Gasteiger partial charge on any atom is -0.396 e. The van der Waals surface area contributed by atoms with Crippen molar-refractivity contribution in [2.75, 3.05) is 32.1 Å². The second-order valence-electron chi connectivity index (χ2n) is 5.24. The monoisotopic (exact) mass is 299 g/mol. The molecule has 0 aliphatic rings. The normalized spacial score (nSPS) is 10.3. The van der Waals surface area contributed by atoms with Gasteiger partial charge in [0.2, 0.25) is 0 Å². The zero-order valence-corrected chi connectivity index (χ0v) is 12.9.